The molecule has 126 valence electrons. The Balaban J connectivity index is 1.99. The lowest BCUT2D eigenvalue weighted by molar-refractivity contribution is -0.123. The maximum absolute atomic E-state index is 12.1. The van der Waals surface area contributed by atoms with Gasteiger partial charge in [0.1, 0.15) is 0 Å². The van der Waals surface area contributed by atoms with E-state index in [1.165, 1.54) is 25.1 Å². The van der Waals surface area contributed by atoms with Gasteiger partial charge in [-0.25, -0.2) is 4.79 Å². The molecule has 2 N–H and O–H groups in total. The Morgan fingerprint density at radius 2 is 1.83 bits per heavy atom. The van der Waals surface area contributed by atoms with Crippen molar-refractivity contribution in [2.24, 2.45) is 0 Å². The van der Waals surface area contributed by atoms with E-state index in [1.807, 2.05) is 0 Å². The average Bonchev–Trinajstić information content (AvgIpc) is 2.58. The molecule has 0 aliphatic carbocycles. The van der Waals surface area contributed by atoms with E-state index in [2.05, 4.69) is 5.32 Å². The van der Waals surface area contributed by atoms with Gasteiger partial charge in [0, 0.05) is 5.02 Å². The number of nitrogens with one attached hydrogen (secondary N) is 1. The highest BCUT2D eigenvalue weighted by Gasteiger charge is 2.20. The van der Waals surface area contributed by atoms with Crippen LogP contribution in [0.25, 0.3) is 0 Å². The van der Waals surface area contributed by atoms with Crippen molar-refractivity contribution < 1.29 is 19.4 Å². The molecule has 0 aliphatic rings. The molecule has 0 bridgehead atoms. The number of hydrogen-bond donors (Lipinski definition) is 2. The van der Waals surface area contributed by atoms with Crippen molar-refractivity contribution >= 4 is 40.8 Å². The third-order valence-electron chi connectivity index (χ3n) is 3.21. The smallest absolute Gasteiger partial charge is 0.338 e. The zero-order chi connectivity index (χ0) is 17.7. The summed E-state index contributed by atoms with van der Waals surface area (Å²) in [5, 5.41) is 12.3. The molecule has 1 amide bonds. The molecule has 0 heterocycles. The van der Waals surface area contributed by atoms with Gasteiger partial charge < -0.3 is 15.2 Å². The van der Waals surface area contributed by atoms with Crippen LogP contribution in [-0.4, -0.2) is 23.1 Å². The topological polar surface area (TPSA) is 75.6 Å². The molecule has 2 rings (SSSR count). The summed E-state index contributed by atoms with van der Waals surface area (Å²) >= 11 is 11.8. The van der Waals surface area contributed by atoms with E-state index in [-0.39, 0.29) is 12.2 Å². The van der Waals surface area contributed by atoms with Crippen LogP contribution in [0.2, 0.25) is 10.0 Å². The quantitative estimate of drug-likeness (QED) is 0.790. The highest BCUT2D eigenvalue weighted by Crippen LogP contribution is 2.25. The molecule has 0 spiro atoms. The molecule has 24 heavy (non-hydrogen) atoms. The fourth-order valence-electron chi connectivity index (χ4n) is 1.86. The third kappa shape index (κ3) is 4.71. The summed E-state index contributed by atoms with van der Waals surface area (Å²) in [6.45, 7) is 1.34. The Kier molecular flexibility index (Phi) is 6.20. The fourth-order valence-corrected chi connectivity index (χ4v) is 2.19. The van der Waals surface area contributed by atoms with Crippen molar-refractivity contribution in [1.82, 2.24) is 0 Å². The number of aliphatic hydroxyl groups is 1. The zero-order valence-corrected chi connectivity index (χ0v) is 14.3. The molecule has 1 atom stereocenters. The number of carbonyl (C=O) groups is 2. The van der Waals surface area contributed by atoms with E-state index in [4.69, 9.17) is 33.0 Å². The van der Waals surface area contributed by atoms with Crippen molar-refractivity contribution in [3.05, 3.63) is 63.6 Å². The summed E-state index contributed by atoms with van der Waals surface area (Å²) in [5.41, 5.74) is 1.30. The van der Waals surface area contributed by atoms with Crippen molar-refractivity contribution in [2.75, 3.05) is 5.32 Å². The minimum Gasteiger partial charge on any atom is -0.449 e. The first-order valence-electron chi connectivity index (χ1n) is 7.07. The Hall–Kier alpha value is -2.08. The molecule has 5 nitrogen and oxygen atoms in total. The van der Waals surface area contributed by atoms with E-state index < -0.39 is 18.0 Å². The Labute approximate surface area is 149 Å². The zero-order valence-electron chi connectivity index (χ0n) is 12.8. The number of carbonyl (C=O) groups excluding carboxylic acids is 2. The summed E-state index contributed by atoms with van der Waals surface area (Å²) in [6.07, 6.45) is -1.02. The second kappa shape index (κ2) is 8.15. The number of aliphatic hydroxyl groups excluding tert-OH is 1. The molecule has 0 unspecified atom stereocenters. The summed E-state index contributed by atoms with van der Waals surface area (Å²) in [6, 6.07) is 10.9. The number of anilines is 1. The van der Waals surface area contributed by atoms with Gasteiger partial charge in [0.25, 0.3) is 5.91 Å². The molecule has 0 saturated heterocycles. The van der Waals surface area contributed by atoms with Crippen LogP contribution >= 0.6 is 23.2 Å². The van der Waals surface area contributed by atoms with Gasteiger partial charge in [-0.1, -0.05) is 35.3 Å². The van der Waals surface area contributed by atoms with Crippen LogP contribution in [0.4, 0.5) is 5.69 Å². The standard InChI is InChI=1S/C17H15Cl2NO4/c1-10(16(22)20-15-8-13(18)6-7-14(15)19)24-17(23)12-4-2-11(9-21)3-5-12/h2-8,10,21H,9H2,1H3,(H,20,22)/t10-/m0/s1. The van der Waals surface area contributed by atoms with Gasteiger partial charge in [-0.2, -0.15) is 0 Å². The second-order valence-corrected chi connectivity index (χ2v) is 5.86. The van der Waals surface area contributed by atoms with Crippen LogP contribution < -0.4 is 5.32 Å². The lowest BCUT2D eigenvalue weighted by Crippen LogP contribution is -2.30. The first-order chi connectivity index (χ1) is 11.4. The summed E-state index contributed by atoms with van der Waals surface area (Å²) in [7, 11) is 0. The SMILES string of the molecule is C[C@H](OC(=O)c1ccc(CO)cc1)C(=O)Nc1cc(Cl)ccc1Cl. The minimum atomic E-state index is -1.02. The predicted molar refractivity (Wildman–Crippen MR) is 92.3 cm³/mol. The van der Waals surface area contributed by atoms with Crippen molar-refractivity contribution in [3.63, 3.8) is 0 Å². The predicted octanol–water partition coefficient (Wildman–Crippen LogP) is 3.67. The van der Waals surface area contributed by atoms with E-state index >= 15 is 0 Å². The number of esters is 1. The lowest BCUT2D eigenvalue weighted by atomic mass is 10.1. The molecule has 7 heteroatoms. The maximum atomic E-state index is 12.1. The minimum absolute atomic E-state index is 0.117. The summed E-state index contributed by atoms with van der Waals surface area (Å²) in [4.78, 5) is 24.1. The van der Waals surface area contributed by atoms with Crippen molar-refractivity contribution in [2.45, 2.75) is 19.6 Å². The van der Waals surface area contributed by atoms with Gasteiger partial charge in [-0.15, -0.1) is 0 Å². The first kappa shape index (κ1) is 18.3. The fraction of sp³-hybridized carbons (Fsp3) is 0.176. The number of halogens is 2. The van der Waals surface area contributed by atoms with Gasteiger partial charge in [-0.3, -0.25) is 4.79 Å². The molecule has 0 aliphatic heterocycles. The van der Waals surface area contributed by atoms with Crippen LogP contribution in [0.1, 0.15) is 22.8 Å². The molecule has 2 aromatic carbocycles. The van der Waals surface area contributed by atoms with Gasteiger partial charge in [0.15, 0.2) is 6.10 Å². The highest BCUT2D eigenvalue weighted by atomic mass is 35.5. The second-order valence-electron chi connectivity index (χ2n) is 5.02. The third-order valence-corrected chi connectivity index (χ3v) is 3.78. The van der Waals surface area contributed by atoms with Crippen molar-refractivity contribution in [1.29, 1.82) is 0 Å². The van der Waals surface area contributed by atoms with Crippen LogP contribution in [-0.2, 0) is 16.1 Å². The van der Waals surface area contributed by atoms with E-state index in [9.17, 15) is 9.59 Å². The van der Waals surface area contributed by atoms with E-state index in [1.54, 1.807) is 24.3 Å². The maximum Gasteiger partial charge on any atom is 0.338 e. The Morgan fingerprint density at radius 3 is 2.46 bits per heavy atom. The van der Waals surface area contributed by atoms with Gasteiger partial charge in [-0.05, 0) is 42.8 Å². The molecule has 0 fully saturated rings. The summed E-state index contributed by atoms with van der Waals surface area (Å²) in [5.74, 6) is -1.17. The molecular weight excluding hydrogens is 353 g/mol. The van der Waals surface area contributed by atoms with Gasteiger partial charge >= 0.3 is 5.97 Å². The normalized spacial score (nSPS) is 11.7. The van der Waals surface area contributed by atoms with E-state index in [0.717, 1.165) is 0 Å². The molecule has 2 aromatic rings. The molecule has 0 radical (unpaired) electrons. The largest absolute Gasteiger partial charge is 0.449 e. The number of benzene rings is 2. The monoisotopic (exact) mass is 367 g/mol. The first-order valence-corrected chi connectivity index (χ1v) is 7.83. The van der Waals surface area contributed by atoms with Crippen LogP contribution in [0.15, 0.2) is 42.5 Å². The highest BCUT2D eigenvalue weighted by molar-refractivity contribution is 6.35. The van der Waals surface area contributed by atoms with Crippen LogP contribution in [0, 0.1) is 0 Å². The number of hydrogen-bond acceptors (Lipinski definition) is 4. The van der Waals surface area contributed by atoms with Crippen molar-refractivity contribution in [3.8, 4) is 0 Å². The molecular formula is C17H15Cl2NO4. The number of ether oxygens (including phenoxy) is 1. The van der Waals surface area contributed by atoms with Crippen LogP contribution in [0.3, 0.4) is 0 Å². The number of rotatable bonds is 5. The van der Waals surface area contributed by atoms with Crippen LogP contribution in [0.5, 0.6) is 0 Å². The Morgan fingerprint density at radius 1 is 1.17 bits per heavy atom. The van der Waals surface area contributed by atoms with E-state index in [0.29, 0.717) is 21.3 Å². The number of amides is 1. The lowest BCUT2D eigenvalue weighted by Gasteiger charge is -2.14. The van der Waals surface area contributed by atoms with Gasteiger partial charge in [0.2, 0.25) is 0 Å². The summed E-state index contributed by atoms with van der Waals surface area (Å²) < 4.78 is 5.12. The molecule has 0 aromatic heterocycles. The Bertz CT molecular complexity index is 747. The average molecular weight is 368 g/mol. The molecule has 0 saturated carbocycles. The van der Waals surface area contributed by atoms with Gasteiger partial charge in [0.05, 0.1) is 22.9 Å².